The zero-order chi connectivity index (χ0) is 13.0. The Bertz CT molecular complexity index is 564. The highest BCUT2D eigenvalue weighted by molar-refractivity contribution is 5.98. The first kappa shape index (κ1) is 12.3. The lowest BCUT2D eigenvalue weighted by molar-refractivity contribution is 0.0920. The van der Waals surface area contributed by atoms with Crippen molar-refractivity contribution in [1.29, 1.82) is 0 Å². The van der Waals surface area contributed by atoms with Crippen LogP contribution < -0.4 is 4.74 Å². The van der Waals surface area contributed by atoms with Gasteiger partial charge in [-0.2, -0.15) is 0 Å². The van der Waals surface area contributed by atoms with Crippen LogP contribution in [0.2, 0.25) is 0 Å². The standard InChI is InChI=1S/C15H13FO2/c1-11-5-2-3-8-14(11)15(17)10-18-13-7-4-6-12(16)9-13/h2-9H,10H2,1H3. The molecule has 0 atom stereocenters. The minimum Gasteiger partial charge on any atom is -0.485 e. The Morgan fingerprint density at radius 3 is 2.67 bits per heavy atom. The minimum absolute atomic E-state index is 0.0890. The van der Waals surface area contributed by atoms with Crippen molar-refractivity contribution in [2.45, 2.75) is 6.92 Å². The molecule has 2 nitrogen and oxygen atoms in total. The average Bonchev–Trinajstić information content (AvgIpc) is 2.37. The molecule has 0 saturated heterocycles. The quantitative estimate of drug-likeness (QED) is 0.770. The molecule has 0 N–H and O–H groups in total. The Balaban J connectivity index is 2.03. The molecule has 0 aliphatic rings. The van der Waals surface area contributed by atoms with Crippen molar-refractivity contribution in [1.82, 2.24) is 0 Å². The summed E-state index contributed by atoms with van der Waals surface area (Å²) >= 11 is 0. The molecule has 0 aromatic heterocycles. The number of Topliss-reactive ketones (excluding diaryl/α,β-unsaturated/α-hetero) is 1. The number of carbonyl (C=O) groups is 1. The predicted octanol–water partition coefficient (Wildman–Crippen LogP) is 3.40. The molecule has 2 rings (SSSR count). The van der Waals surface area contributed by atoms with E-state index in [4.69, 9.17) is 4.74 Å². The van der Waals surface area contributed by atoms with Crippen molar-refractivity contribution >= 4 is 5.78 Å². The molecule has 0 spiro atoms. The molecule has 0 saturated carbocycles. The van der Waals surface area contributed by atoms with E-state index in [1.165, 1.54) is 12.1 Å². The Hall–Kier alpha value is -2.16. The van der Waals surface area contributed by atoms with Crippen LogP contribution in [-0.4, -0.2) is 12.4 Å². The number of hydrogen-bond acceptors (Lipinski definition) is 2. The van der Waals surface area contributed by atoms with Gasteiger partial charge in [0, 0.05) is 11.6 Å². The Morgan fingerprint density at radius 1 is 1.17 bits per heavy atom. The fourth-order valence-electron chi connectivity index (χ4n) is 1.67. The third-order valence-electron chi connectivity index (χ3n) is 2.61. The summed E-state index contributed by atoms with van der Waals surface area (Å²) in [5, 5.41) is 0. The summed E-state index contributed by atoms with van der Waals surface area (Å²) in [6, 6.07) is 13.1. The van der Waals surface area contributed by atoms with Crippen LogP contribution in [-0.2, 0) is 0 Å². The maximum absolute atomic E-state index is 12.9. The number of halogens is 1. The van der Waals surface area contributed by atoms with E-state index in [0.29, 0.717) is 11.3 Å². The first-order valence-electron chi connectivity index (χ1n) is 5.64. The summed E-state index contributed by atoms with van der Waals surface area (Å²) in [5.74, 6) is -0.134. The minimum atomic E-state index is -0.379. The van der Waals surface area contributed by atoms with Crippen LogP contribution in [0.3, 0.4) is 0 Å². The highest BCUT2D eigenvalue weighted by atomic mass is 19.1. The largest absolute Gasteiger partial charge is 0.485 e. The van der Waals surface area contributed by atoms with Crippen LogP contribution in [0.4, 0.5) is 4.39 Å². The maximum Gasteiger partial charge on any atom is 0.200 e. The number of aryl methyl sites for hydroxylation is 1. The van der Waals surface area contributed by atoms with Crippen LogP contribution in [0.15, 0.2) is 48.5 Å². The lowest BCUT2D eigenvalue weighted by Crippen LogP contribution is -2.12. The van der Waals surface area contributed by atoms with E-state index in [9.17, 15) is 9.18 Å². The first-order chi connectivity index (χ1) is 8.66. The number of ether oxygens (including phenoxy) is 1. The van der Waals surface area contributed by atoms with Gasteiger partial charge in [0.05, 0.1) is 0 Å². The molecule has 0 fully saturated rings. The molecule has 0 unspecified atom stereocenters. The third kappa shape index (κ3) is 2.94. The number of hydrogen-bond donors (Lipinski definition) is 0. The summed E-state index contributed by atoms with van der Waals surface area (Å²) in [6.07, 6.45) is 0. The van der Waals surface area contributed by atoms with E-state index < -0.39 is 0 Å². The fourth-order valence-corrected chi connectivity index (χ4v) is 1.67. The normalized spacial score (nSPS) is 10.1. The summed E-state index contributed by atoms with van der Waals surface area (Å²) in [7, 11) is 0. The molecule has 3 heteroatoms. The van der Waals surface area contributed by atoms with Crippen molar-refractivity contribution in [2.24, 2.45) is 0 Å². The van der Waals surface area contributed by atoms with Gasteiger partial charge in [-0.25, -0.2) is 4.39 Å². The number of carbonyl (C=O) groups excluding carboxylic acids is 1. The predicted molar refractivity (Wildman–Crippen MR) is 67.4 cm³/mol. The lowest BCUT2D eigenvalue weighted by Gasteiger charge is -2.07. The molecule has 2 aromatic rings. The third-order valence-corrected chi connectivity index (χ3v) is 2.61. The highest BCUT2D eigenvalue weighted by Gasteiger charge is 2.09. The summed E-state index contributed by atoms with van der Waals surface area (Å²) < 4.78 is 18.2. The van der Waals surface area contributed by atoms with Crippen LogP contribution in [0.25, 0.3) is 0 Å². The SMILES string of the molecule is Cc1ccccc1C(=O)COc1cccc(F)c1. The number of ketones is 1. The molecular formula is C15H13FO2. The van der Waals surface area contributed by atoms with Crippen LogP contribution in [0.5, 0.6) is 5.75 Å². The zero-order valence-electron chi connectivity index (χ0n) is 10.0. The van der Waals surface area contributed by atoms with Gasteiger partial charge in [0.15, 0.2) is 12.4 Å². The van der Waals surface area contributed by atoms with E-state index in [1.807, 2.05) is 25.1 Å². The lowest BCUT2D eigenvalue weighted by atomic mass is 10.1. The molecule has 0 radical (unpaired) electrons. The van der Waals surface area contributed by atoms with E-state index >= 15 is 0 Å². The van der Waals surface area contributed by atoms with E-state index in [1.54, 1.807) is 18.2 Å². The molecular weight excluding hydrogens is 231 g/mol. The van der Waals surface area contributed by atoms with Crippen molar-refractivity contribution in [2.75, 3.05) is 6.61 Å². The Labute approximate surface area is 105 Å². The van der Waals surface area contributed by atoms with Gasteiger partial charge in [-0.1, -0.05) is 30.3 Å². The highest BCUT2D eigenvalue weighted by Crippen LogP contribution is 2.13. The van der Waals surface area contributed by atoms with Gasteiger partial charge < -0.3 is 4.74 Å². The van der Waals surface area contributed by atoms with Gasteiger partial charge in [-0.3, -0.25) is 4.79 Å². The zero-order valence-corrected chi connectivity index (χ0v) is 10.0. The topological polar surface area (TPSA) is 26.3 Å². The second-order valence-electron chi connectivity index (χ2n) is 3.98. The molecule has 18 heavy (non-hydrogen) atoms. The summed E-state index contributed by atoms with van der Waals surface area (Å²) in [5.41, 5.74) is 1.54. The van der Waals surface area contributed by atoms with Crippen molar-refractivity contribution < 1.29 is 13.9 Å². The van der Waals surface area contributed by atoms with Crippen molar-refractivity contribution in [3.05, 3.63) is 65.5 Å². The molecule has 0 aliphatic heterocycles. The number of rotatable bonds is 4. The molecule has 92 valence electrons. The second-order valence-corrected chi connectivity index (χ2v) is 3.98. The van der Waals surface area contributed by atoms with Gasteiger partial charge in [0.25, 0.3) is 0 Å². The van der Waals surface area contributed by atoms with E-state index in [-0.39, 0.29) is 18.2 Å². The summed E-state index contributed by atoms with van der Waals surface area (Å²) in [6.45, 7) is 1.78. The van der Waals surface area contributed by atoms with Crippen molar-refractivity contribution in [3.8, 4) is 5.75 Å². The van der Waals surface area contributed by atoms with E-state index in [2.05, 4.69) is 0 Å². The monoisotopic (exact) mass is 244 g/mol. The smallest absolute Gasteiger partial charge is 0.200 e. The number of benzene rings is 2. The summed E-state index contributed by atoms with van der Waals surface area (Å²) in [4.78, 5) is 11.9. The molecule has 0 aliphatic carbocycles. The second kappa shape index (κ2) is 5.45. The van der Waals surface area contributed by atoms with Gasteiger partial charge in [0.2, 0.25) is 0 Å². The fraction of sp³-hybridized carbons (Fsp3) is 0.133. The average molecular weight is 244 g/mol. The maximum atomic E-state index is 12.9. The molecule has 0 amide bonds. The van der Waals surface area contributed by atoms with E-state index in [0.717, 1.165) is 5.56 Å². The molecule has 0 bridgehead atoms. The molecule has 2 aromatic carbocycles. The first-order valence-corrected chi connectivity index (χ1v) is 5.64. The Morgan fingerprint density at radius 2 is 1.94 bits per heavy atom. The van der Waals surface area contributed by atoms with Gasteiger partial charge in [0.1, 0.15) is 11.6 Å². The van der Waals surface area contributed by atoms with Crippen LogP contribution >= 0.6 is 0 Å². The molecule has 0 heterocycles. The van der Waals surface area contributed by atoms with Crippen LogP contribution in [0, 0.1) is 12.7 Å². The van der Waals surface area contributed by atoms with Gasteiger partial charge in [-0.15, -0.1) is 0 Å². The van der Waals surface area contributed by atoms with Gasteiger partial charge in [-0.05, 0) is 24.6 Å². The Kier molecular flexibility index (Phi) is 3.72. The van der Waals surface area contributed by atoms with Crippen molar-refractivity contribution in [3.63, 3.8) is 0 Å². The van der Waals surface area contributed by atoms with Gasteiger partial charge >= 0.3 is 0 Å². The van der Waals surface area contributed by atoms with Crippen LogP contribution in [0.1, 0.15) is 15.9 Å².